The molecule has 13 heteroatoms. The third kappa shape index (κ3) is 5.47. The molecule has 194 valence electrons. The van der Waals surface area contributed by atoms with Crippen LogP contribution in [-0.4, -0.2) is 66.7 Å². The van der Waals surface area contributed by atoms with Gasteiger partial charge in [-0.2, -0.15) is 4.31 Å². The number of aliphatic hydroxyl groups excluding tert-OH is 1. The van der Waals surface area contributed by atoms with Crippen molar-refractivity contribution in [3.63, 3.8) is 0 Å². The number of hydrogen-bond donors (Lipinski definition) is 2. The molecule has 1 fully saturated rings. The standard InChI is InChI=1S/C23H26ClFN4O5S2/c1-3-34-23(31)18-19(13-6-8-29(36(2,32)33)15(10-13)12-30)27-21(22-26-7-9-35-22)28-20(18)16-5-4-14(25)11-17(16)24/h4-5,7,9,11,13,15,20,30H,3,6,8,10,12H2,1-2H3,(H,27,28)/t13-,15-,20?/m0/s1. The van der Waals surface area contributed by atoms with E-state index in [0.717, 1.165) is 12.3 Å². The largest absolute Gasteiger partial charge is 0.463 e. The Hall–Kier alpha value is -2.38. The summed E-state index contributed by atoms with van der Waals surface area (Å²) in [6, 6.07) is 2.32. The molecular formula is C23H26ClFN4O5S2. The van der Waals surface area contributed by atoms with Gasteiger partial charge in [-0.1, -0.05) is 17.7 Å². The minimum atomic E-state index is -3.53. The number of benzene rings is 1. The minimum Gasteiger partial charge on any atom is -0.463 e. The number of carbonyl (C=O) groups is 1. The number of thiazole rings is 1. The van der Waals surface area contributed by atoms with Crippen LogP contribution in [0.2, 0.25) is 5.02 Å². The van der Waals surface area contributed by atoms with Gasteiger partial charge in [-0.3, -0.25) is 4.99 Å². The van der Waals surface area contributed by atoms with E-state index in [1.807, 2.05) is 0 Å². The maximum Gasteiger partial charge on any atom is 0.338 e. The van der Waals surface area contributed by atoms with Crippen LogP contribution < -0.4 is 5.32 Å². The highest BCUT2D eigenvalue weighted by Crippen LogP contribution is 2.41. The predicted octanol–water partition coefficient (Wildman–Crippen LogP) is 2.88. The number of rotatable bonds is 7. The SMILES string of the molecule is CCOC(=O)C1=C([C@H]2CCN(S(C)(=O)=O)[C@H](CO)C2)NC(c2nccs2)=NC1c1ccc(F)cc1Cl. The number of aliphatic hydroxyl groups is 1. The smallest absolute Gasteiger partial charge is 0.338 e. The van der Waals surface area contributed by atoms with Crippen LogP contribution >= 0.6 is 22.9 Å². The summed E-state index contributed by atoms with van der Waals surface area (Å²) in [6.45, 7) is 1.60. The van der Waals surface area contributed by atoms with E-state index in [4.69, 9.17) is 21.3 Å². The third-order valence-electron chi connectivity index (χ3n) is 6.17. The Morgan fingerprint density at radius 2 is 2.19 bits per heavy atom. The fourth-order valence-electron chi connectivity index (χ4n) is 4.61. The second kappa shape index (κ2) is 10.9. The zero-order chi connectivity index (χ0) is 26.0. The number of aromatic nitrogens is 1. The summed E-state index contributed by atoms with van der Waals surface area (Å²) in [5, 5.41) is 15.7. The Bertz CT molecular complexity index is 1300. The Morgan fingerprint density at radius 3 is 2.81 bits per heavy atom. The van der Waals surface area contributed by atoms with Crippen molar-refractivity contribution < 1.29 is 27.4 Å². The maximum absolute atomic E-state index is 13.9. The molecular weight excluding hydrogens is 531 g/mol. The zero-order valence-corrected chi connectivity index (χ0v) is 22.0. The second-order valence-electron chi connectivity index (χ2n) is 8.49. The van der Waals surface area contributed by atoms with Gasteiger partial charge in [-0.05, 0) is 31.9 Å². The molecule has 1 aromatic carbocycles. The molecule has 2 aliphatic rings. The van der Waals surface area contributed by atoms with Crippen molar-refractivity contribution >= 4 is 44.8 Å². The van der Waals surface area contributed by atoms with Crippen LogP contribution in [0.5, 0.6) is 0 Å². The third-order valence-corrected chi connectivity index (χ3v) is 8.61. The summed E-state index contributed by atoms with van der Waals surface area (Å²) in [4.78, 5) is 22.4. The summed E-state index contributed by atoms with van der Waals surface area (Å²) < 4.78 is 45.0. The molecule has 0 aliphatic carbocycles. The van der Waals surface area contributed by atoms with Crippen LogP contribution in [0.15, 0.2) is 46.0 Å². The summed E-state index contributed by atoms with van der Waals surface area (Å²) in [6.07, 6.45) is 3.40. The fraction of sp³-hybridized carbons (Fsp3) is 0.435. The van der Waals surface area contributed by atoms with Crippen molar-refractivity contribution in [3.8, 4) is 0 Å². The lowest BCUT2D eigenvalue weighted by molar-refractivity contribution is -0.139. The Kier molecular flexibility index (Phi) is 8.10. The Labute approximate surface area is 217 Å². The molecule has 36 heavy (non-hydrogen) atoms. The first kappa shape index (κ1) is 26.7. The van der Waals surface area contributed by atoms with Gasteiger partial charge in [0.25, 0.3) is 0 Å². The van der Waals surface area contributed by atoms with Gasteiger partial charge >= 0.3 is 5.97 Å². The van der Waals surface area contributed by atoms with Gasteiger partial charge in [-0.25, -0.2) is 22.6 Å². The van der Waals surface area contributed by atoms with Gasteiger partial charge < -0.3 is 15.2 Å². The number of aliphatic imine (C=N–C) groups is 1. The van der Waals surface area contributed by atoms with Gasteiger partial charge in [-0.15, -0.1) is 11.3 Å². The number of hydrogen-bond acceptors (Lipinski definition) is 9. The number of nitrogens with one attached hydrogen (secondary N) is 1. The average molecular weight is 557 g/mol. The Balaban J connectivity index is 1.85. The highest BCUT2D eigenvalue weighted by atomic mass is 35.5. The van der Waals surface area contributed by atoms with Crippen LogP contribution in [0.25, 0.3) is 0 Å². The second-order valence-corrected chi connectivity index (χ2v) is 11.7. The normalized spacial score (nSPS) is 23.2. The number of carbonyl (C=O) groups excluding carboxylic acids is 1. The van der Waals surface area contributed by atoms with Crippen LogP contribution in [0.4, 0.5) is 4.39 Å². The van der Waals surface area contributed by atoms with E-state index in [9.17, 15) is 22.7 Å². The topological polar surface area (TPSA) is 121 Å². The molecule has 0 bridgehead atoms. The van der Waals surface area contributed by atoms with E-state index in [1.54, 1.807) is 18.5 Å². The van der Waals surface area contributed by atoms with Gasteiger partial charge in [0, 0.05) is 46.4 Å². The van der Waals surface area contributed by atoms with Gasteiger partial charge in [0.05, 0.1) is 25.0 Å². The first-order valence-corrected chi connectivity index (χ1v) is 14.4. The number of allylic oxidation sites excluding steroid dienone is 1. The van der Waals surface area contributed by atoms with Gasteiger partial charge in [0.2, 0.25) is 10.0 Å². The van der Waals surface area contributed by atoms with Crippen molar-refractivity contribution in [1.29, 1.82) is 0 Å². The predicted molar refractivity (Wildman–Crippen MR) is 135 cm³/mol. The van der Waals surface area contributed by atoms with Crippen LogP contribution in [0, 0.1) is 11.7 Å². The van der Waals surface area contributed by atoms with Crippen molar-refractivity contribution in [2.24, 2.45) is 10.9 Å². The quantitative estimate of drug-likeness (QED) is 0.503. The molecule has 1 aromatic heterocycles. The first-order chi connectivity index (χ1) is 17.1. The van der Waals surface area contributed by atoms with Crippen molar-refractivity contribution in [2.75, 3.05) is 26.0 Å². The number of ether oxygens (including phenoxy) is 1. The van der Waals surface area contributed by atoms with Gasteiger partial charge in [0.15, 0.2) is 10.8 Å². The molecule has 4 rings (SSSR count). The molecule has 2 N–H and O–H groups in total. The lowest BCUT2D eigenvalue weighted by atomic mass is 9.84. The highest BCUT2D eigenvalue weighted by molar-refractivity contribution is 7.88. The van der Waals surface area contributed by atoms with Crippen molar-refractivity contribution in [2.45, 2.75) is 31.8 Å². The van der Waals surface area contributed by atoms with E-state index in [-0.39, 0.29) is 42.7 Å². The number of sulfonamides is 1. The van der Waals surface area contributed by atoms with E-state index < -0.39 is 33.9 Å². The van der Waals surface area contributed by atoms with Crippen LogP contribution in [0.1, 0.15) is 36.4 Å². The van der Waals surface area contributed by atoms with E-state index in [1.165, 1.54) is 27.8 Å². The number of piperidine rings is 1. The zero-order valence-electron chi connectivity index (χ0n) is 19.6. The summed E-state index contributed by atoms with van der Waals surface area (Å²) >= 11 is 7.75. The summed E-state index contributed by atoms with van der Waals surface area (Å²) in [5.41, 5.74) is 1.13. The molecule has 3 heterocycles. The molecule has 2 aromatic rings. The maximum atomic E-state index is 13.9. The number of esters is 1. The number of halogens is 2. The van der Waals surface area contributed by atoms with Gasteiger partial charge in [0.1, 0.15) is 11.9 Å². The fourth-order valence-corrected chi connectivity index (χ4v) is 6.60. The van der Waals surface area contributed by atoms with Crippen LogP contribution in [0.3, 0.4) is 0 Å². The van der Waals surface area contributed by atoms with Crippen molar-refractivity contribution in [1.82, 2.24) is 14.6 Å². The van der Waals surface area contributed by atoms with Crippen LogP contribution in [-0.2, 0) is 19.6 Å². The molecule has 0 spiro atoms. The molecule has 0 amide bonds. The lowest BCUT2D eigenvalue weighted by Gasteiger charge is -2.39. The molecule has 2 aliphatic heterocycles. The van der Waals surface area contributed by atoms with E-state index in [0.29, 0.717) is 28.5 Å². The molecule has 0 radical (unpaired) electrons. The van der Waals surface area contributed by atoms with E-state index >= 15 is 0 Å². The molecule has 1 saturated heterocycles. The Morgan fingerprint density at radius 1 is 1.42 bits per heavy atom. The summed E-state index contributed by atoms with van der Waals surface area (Å²) in [5.74, 6) is -1.06. The molecule has 0 saturated carbocycles. The minimum absolute atomic E-state index is 0.102. The number of nitrogens with zero attached hydrogens (tertiary/aromatic N) is 3. The van der Waals surface area contributed by atoms with Crippen molar-refractivity contribution in [3.05, 3.63) is 62.5 Å². The monoisotopic (exact) mass is 556 g/mol. The molecule has 1 unspecified atom stereocenters. The molecule has 9 nitrogen and oxygen atoms in total. The highest BCUT2D eigenvalue weighted by Gasteiger charge is 2.41. The molecule has 3 atom stereocenters. The average Bonchev–Trinajstić information content (AvgIpc) is 3.37. The lowest BCUT2D eigenvalue weighted by Crippen LogP contribution is -2.49. The van der Waals surface area contributed by atoms with E-state index in [2.05, 4.69) is 10.3 Å². The number of amidine groups is 1. The summed E-state index contributed by atoms with van der Waals surface area (Å²) in [7, 11) is -3.53. The first-order valence-electron chi connectivity index (χ1n) is 11.3.